The third kappa shape index (κ3) is 2.97. The van der Waals surface area contributed by atoms with E-state index in [9.17, 15) is 8.42 Å². The highest BCUT2D eigenvalue weighted by molar-refractivity contribution is 7.89. The average molecular weight is 374 g/mol. The lowest BCUT2D eigenvalue weighted by Crippen LogP contribution is -2.42. The summed E-state index contributed by atoms with van der Waals surface area (Å²) < 4.78 is 36.3. The van der Waals surface area contributed by atoms with Gasteiger partial charge in [0.1, 0.15) is 10.0 Å². The lowest BCUT2D eigenvalue weighted by atomic mass is 10.2. The van der Waals surface area contributed by atoms with Crippen LogP contribution in [0.1, 0.15) is 24.3 Å². The zero-order valence-electron chi connectivity index (χ0n) is 13.8. The van der Waals surface area contributed by atoms with Gasteiger partial charge in [0.2, 0.25) is 10.0 Å². The number of aryl methyl sites for hydroxylation is 3. The standard InChI is InChI=1S/C14H20ClN5O3S/c1-4-19-8-11(7-16-19)12-9-20(5-6-23-12)24(21,22)13-10(2)17-18(3)14(13)15/h7-8,12H,4-6,9H2,1-3H3/t12-/m1/s1. The number of sulfonamides is 1. The lowest BCUT2D eigenvalue weighted by molar-refractivity contribution is -0.00261. The highest BCUT2D eigenvalue weighted by atomic mass is 35.5. The molecule has 1 saturated heterocycles. The van der Waals surface area contributed by atoms with Gasteiger partial charge in [-0.1, -0.05) is 11.6 Å². The molecule has 0 saturated carbocycles. The maximum atomic E-state index is 13.0. The van der Waals surface area contributed by atoms with Crippen molar-refractivity contribution in [3.05, 3.63) is 28.8 Å². The Hall–Kier alpha value is -1.42. The maximum absolute atomic E-state index is 13.0. The molecule has 2 aromatic rings. The molecule has 132 valence electrons. The van der Waals surface area contributed by atoms with E-state index >= 15 is 0 Å². The second-order valence-corrected chi connectivity index (χ2v) is 7.91. The molecule has 1 aliphatic rings. The van der Waals surface area contributed by atoms with Gasteiger partial charge >= 0.3 is 0 Å². The molecule has 1 fully saturated rings. The first-order valence-corrected chi connectivity index (χ1v) is 9.49. The van der Waals surface area contributed by atoms with E-state index < -0.39 is 10.0 Å². The zero-order chi connectivity index (χ0) is 17.5. The fourth-order valence-corrected chi connectivity index (χ4v) is 4.93. The van der Waals surface area contributed by atoms with E-state index in [2.05, 4.69) is 10.2 Å². The summed E-state index contributed by atoms with van der Waals surface area (Å²) in [7, 11) is -2.11. The minimum absolute atomic E-state index is 0.0663. The summed E-state index contributed by atoms with van der Waals surface area (Å²) in [6.45, 7) is 5.20. The van der Waals surface area contributed by atoms with Crippen molar-refractivity contribution in [1.29, 1.82) is 0 Å². The molecule has 2 aromatic heterocycles. The number of aromatic nitrogens is 4. The van der Waals surface area contributed by atoms with E-state index in [-0.39, 0.29) is 29.2 Å². The van der Waals surface area contributed by atoms with Gasteiger partial charge < -0.3 is 4.74 Å². The van der Waals surface area contributed by atoms with Crippen LogP contribution < -0.4 is 0 Å². The highest BCUT2D eigenvalue weighted by Gasteiger charge is 2.35. The van der Waals surface area contributed by atoms with Gasteiger partial charge in [0.15, 0.2) is 0 Å². The number of ether oxygens (including phenoxy) is 1. The Morgan fingerprint density at radius 3 is 2.79 bits per heavy atom. The van der Waals surface area contributed by atoms with Gasteiger partial charge in [0, 0.05) is 38.4 Å². The molecule has 0 unspecified atom stereocenters. The Kier molecular flexibility index (Phi) is 4.69. The first-order valence-electron chi connectivity index (χ1n) is 7.67. The van der Waals surface area contributed by atoms with Crippen LogP contribution in [0.15, 0.2) is 17.3 Å². The van der Waals surface area contributed by atoms with Crippen molar-refractivity contribution in [1.82, 2.24) is 23.9 Å². The Labute approximate surface area is 146 Å². The largest absolute Gasteiger partial charge is 0.371 e. The number of halogens is 1. The van der Waals surface area contributed by atoms with Gasteiger partial charge in [-0.2, -0.15) is 14.5 Å². The Morgan fingerprint density at radius 2 is 2.21 bits per heavy atom. The molecule has 10 heteroatoms. The smallest absolute Gasteiger partial charge is 0.248 e. The molecule has 0 spiro atoms. The average Bonchev–Trinajstić information content (AvgIpc) is 3.13. The molecule has 0 radical (unpaired) electrons. The number of nitrogens with zero attached hydrogens (tertiary/aromatic N) is 5. The summed E-state index contributed by atoms with van der Waals surface area (Å²) >= 11 is 6.14. The third-order valence-electron chi connectivity index (χ3n) is 4.08. The van der Waals surface area contributed by atoms with Crippen molar-refractivity contribution in [3.63, 3.8) is 0 Å². The van der Waals surface area contributed by atoms with Crippen molar-refractivity contribution >= 4 is 21.6 Å². The van der Waals surface area contributed by atoms with E-state index in [0.717, 1.165) is 12.1 Å². The Bertz CT molecular complexity index is 845. The molecule has 1 atom stereocenters. The minimum Gasteiger partial charge on any atom is -0.371 e. The van der Waals surface area contributed by atoms with E-state index in [0.29, 0.717) is 12.3 Å². The Morgan fingerprint density at radius 1 is 1.46 bits per heavy atom. The van der Waals surface area contributed by atoms with Crippen LogP contribution in [0.2, 0.25) is 5.15 Å². The first-order chi connectivity index (χ1) is 11.3. The van der Waals surface area contributed by atoms with Gasteiger partial charge in [-0.15, -0.1) is 0 Å². The number of morpholine rings is 1. The second-order valence-electron chi connectivity index (χ2n) is 5.68. The predicted octanol–water partition coefficient (Wildman–Crippen LogP) is 1.36. The summed E-state index contributed by atoms with van der Waals surface area (Å²) in [4.78, 5) is 0.0663. The van der Waals surface area contributed by atoms with Gasteiger partial charge in [0.05, 0.1) is 24.6 Å². The topological polar surface area (TPSA) is 82.2 Å². The van der Waals surface area contributed by atoms with Crippen LogP contribution in [0, 0.1) is 6.92 Å². The molecular formula is C14H20ClN5O3S. The van der Waals surface area contributed by atoms with Crippen LogP contribution in [-0.4, -0.2) is 52.0 Å². The van der Waals surface area contributed by atoms with Crippen molar-refractivity contribution in [2.45, 2.75) is 31.4 Å². The fraction of sp³-hybridized carbons (Fsp3) is 0.571. The van der Waals surface area contributed by atoms with Crippen LogP contribution in [0.25, 0.3) is 0 Å². The minimum atomic E-state index is -3.73. The predicted molar refractivity (Wildman–Crippen MR) is 88.3 cm³/mol. The third-order valence-corrected chi connectivity index (χ3v) is 6.64. The normalized spacial score (nSPS) is 19.8. The monoisotopic (exact) mass is 373 g/mol. The fourth-order valence-electron chi connectivity index (χ4n) is 2.80. The molecule has 0 aromatic carbocycles. The molecule has 3 heterocycles. The van der Waals surface area contributed by atoms with E-state index in [4.69, 9.17) is 16.3 Å². The van der Waals surface area contributed by atoms with Crippen LogP contribution in [0.3, 0.4) is 0 Å². The molecule has 0 aliphatic carbocycles. The lowest BCUT2D eigenvalue weighted by Gasteiger charge is -2.31. The van der Waals surface area contributed by atoms with Gasteiger partial charge in [0.25, 0.3) is 0 Å². The quantitative estimate of drug-likeness (QED) is 0.808. The maximum Gasteiger partial charge on any atom is 0.248 e. The van der Waals surface area contributed by atoms with Crippen LogP contribution >= 0.6 is 11.6 Å². The highest BCUT2D eigenvalue weighted by Crippen LogP contribution is 2.31. The van der Waals surface area contributed by atoms with Crippen molar-refractivity contribution in [3.8, 4) is 0 Å². The summed E-state index contributed by atoms with van der Waals surface area (Å²) in [5.74, 6) is 0. The van der Waals surface area contributed by atoms with E-state index in [1.54, 1.807) is 24.9 Å². The Balaban J connectivity index is 1.88. The number of hydrogen-bond acceptors (Lipinski definition) is 5. The van der Waals surface area contributed by atoms with E-state index in [1.165, 1.54) is 8.99 Å². The molecule has 0 N–H and O–H groups in total. The van der Waals surface area contributed by atoms with Gasteiger partial charge in [-0.05, 0) is 13.8 Å². The summed E-state index contributed by atoms with van der Waals surface area (Å²) in [5, 5.41) is 8.44. The summed E-state index contributed by atoms with van der Waals surface area (Å²) in [6.07, 6.45) is 3.25. The first kappa shape index (κ1) is 17.4. The SMILES string of the molecule is CCn1cc([C@H]2CN(S(=O)(=O)c3c(C)nn(C)c3Cl)CCO2)cn1. The van der Waals surface area contributed by atoms with Gasteiger partial charge in [-0.3, -0.25) is 9.36 Å². The van der Waals surface area contributed by atoms with Crippen molar-refractivity contribution < 1.29 is 13.2 Å². The van der Waals surface area contributed by atoms with Crippen LogP contribution in [0.5, 0.6) is 0 Å². The van der Waals surface area contributed by atoms with Crippen molar-refractivity contribution in [2.75, 3.05) is 19.7 Å². The molecule has 0 amide bonds. The zero-order valence-corrected chi connectivity index (χ0v) is 15.4. The van der Waals surface area contributed by atoms with E-state index in [1.807, 2.05) is 13.1 Å². The molecule has 8 nitrogen and oxygen atoms in total. The second kappa shape index (κ2) is 6.47. The van der Waals surface area contributed by atoms with Crippen molar-refractivity contribution in [2.24, 2.45) is 7.05 Å². The molecule has 24 heavy (non-hydrogen) atoms. The van der Waals surface area contributed by atoms with Gasteiger partial charge in [-0.25, -0.2) is 8.42 Å². The molecule has 0 bridgehead atoms. The molecule has 3 rings (SSSR count). The summed E-state index contributed by atoms with van der Waals surface area (Å²) in [6, 6.07) is 0. The van der Waals surface area contributed by atoms with Crippen LogP contribution in [-0.2, 0) is 28.4 Å². The summed E-state index contributed by atoms with van der Waals surface area (Å²) in [5.41, 5.74) is 1.26. The number of hydrogen-bond donors (Lipinski definition) is 0. The molecular weight excluding hydrogens is 354 g/mol. The van der Waals surface area contributed by atoms with Crippen LogP contribution in [0.4, 0.5) is 0 Å². The molecule has 1 aliphatic heterocycles. The number of rotatable bonds is 4.